The van der Waals surface area contributed by atoms with Crippen LogP contribution in [0.3, 0.4) is 0 Å². The summed E-state index contributed by atoms with van der Waals surface area (Å²) in [5, 5.41) is 2.60. The number of nitrogens with two attached hydrogens (primary N) is 1. The molecule has 3 amide bonds. The van der Waals surface area contributed by atoms with Gasteiger partial charge >= 0.3 is 6.03 Å². The molecule has 9 nitrogen and oxygen atoms in total. The maximum Gasteiger partial charge on any atom is 0.326 e. The Balaban J connectivity index is 2.05. The quantitative estimate of drug-likeness (QED) is 0.314. The number of amides is 3. The van der Waals surface area contributed by atoms with Crippen molar-refractivity contribution in [2.75, 3.05) is 25.0 Å². The number of carbonyl (C=O) groups is 3. The predicted molar refractivity (Wildman–Crippen MR) is 114 cm³/mol. The molecule has 1 atom stereocenters. The Morgan fingerprint density at radius 2 is 1.94 bits per heavy atom. The van der Waals surface area contributed by atoms with E-state index in [-0.39, 0.29) is 19.0 Å². The van der Waals surface area contributed by atoms with E-state index in [9.17, 15) is 18.8 Å². The summed E-state index contributed by atoms with van der Waals surface area (Å²) in [4.78, 5) is 34.2. The Kier molecular flexibility index (Phi) is 8.77. The van der Waals surface area contributed by atoms with Gasteiger partial charge in [-0.2, -0.15) is 0 Å². The molecule has 0 aliphatic carbocycles. The van der Waals surface area contributed by atoms with Gasteiger partial charge in [0.1, 0.15) is 11.9 Å². The van der Waals surface area contributed by atoms with Crippen LogP contribution in [0, 0.1) is 5.82 Å². The van der Waals surface area contributed by atoms with Gasteiger partial charge in [0.25, 0.3) is 6.47 Å². The highest BCUT2D eigenvalue weighted by Crippen LogP contribution is 2.27. The Bertz CT molecular complexity index is 907. The van der Waals surface area contributed by atoms with E-state index in [1.165, 1.54) is 13.0 Å². The molecule has 5 N–H and O–H groups in total. The molecule has 2 rings (SSSR count). The molecule has 0 bridgehead atoms. The summed E-state index contributed by atoms with van der Waals surface area (Å²) in [6.45, 7) is 2.51. The van der Waals surface area contributed by atoms with Crippen LogP contribution in [0.2, 0.25) is 0 Å². The van der Waals surface area contributed by atoms with Gasteiger partial charge in [0, 0.05) is 31.8 Å². The van der Waals surface area contributed by atoms with Crippen LogP contribution in [-0.2, 0) is 20.9 Å². The van der Waals surface area contributed by atoms with Crippen LogP contribution in [0.4, 0.5) is 14.9 Å². The first kappa shape index (κ1) is 23.6. The summed E-state index contributed by atoms with van der Waals surface area (Å²) in [7, 11) is 1.74. The first-order valence-electron chi connectivity index (χ1n) is 9.52. The highest BCUT2D eigenvalue weighted by Gasteiger charge is 2.15. The van der Waals surface area contributed by atoms with Crippen LogP contribution in [0.5, 0.6) is 0 Å². The summed E-state index contributed by atoms with van der Waals surface area (Å²) in [5.41, 5.74) is 12.5. The molecule has 0 spiro atoms. The summed E-state index contributed by atoms with van der Waals surface area (Å²) in [6, 6.07) is 11.4. The molecule has 0 aromatic heterocycles. The van der Waals surface area contributed by atoms with Gasteiger partial charge in [-0.3, -0.25) is 15.0 Å². The molecule has 2 aromatic rings. The van der Waals surface area contributed by atoms with Gasteiger partial charge in [-0.1, -0.05) is 24.3 Å². The molecule has 0 aliphatic rings. The number of ether oxygens (including phenoxy) is 1. The number of hydrazine groups is 1. The summed E-state index contributed by atoms with van der Waals surface area (Å²) in [5.74, 6) is -0.635. The van der Waals surface area contributed by atoms with E-state index in [1.54, 1.807) is 36.2 Å². The van der Waals surface area contributed by atoms with Crippen molar-refractivity contribution in [1.29, 1.82) is 0 Å². The Labute approximate surface area is 179 Å². The van der Waals surface area contributed by atoms with E-state index in [4.69, 9.17) is 10.5 Å². The second-order valence-corrected chi connectivity index (χ2v) is 6.88. The lowest BCUT2D eigenvalue weighted by Crippen LogP contribution is -2.40. The van der Waals surface area contributed by atoms with Crippen molar-refractivity contribution in [3.05, 3.63) is 53.8 Å². The topological polar surface area (TPSA) is 126 Å². The third kappa shape index (κ3) is 7.59. The molecule has 0 heterocycles. The predicted octanol–water partition coefficient (Wildman–Crippen LogP) is 1.28. The van der Waals surface area contributed by atoms with Gasteiger partial charge in [0.05, 0.1) is 13.1 Å². The lowest BCUT2D eigenvalue weighted by atomic mass is 10.0. The number of nitrogens with one attached hydrogen (secondary N) is 3. The van der Waals surface area contributed by atoms with Gasteiger partial charge in [-0.15, -0.1) is 0 Å². The number of primary amides is 1. The summed E-state index contributed by atoms with van der Waals surface area (Å²) >= 11 is 0. The van der Waals surface area contributed by atoms with Crippen LogP contribution >= 0.6 is 0 Å². The SMILES string of the molecule is CC(=O)NC[C@@H](CN(C)c1ccc(-c2ccc(CNNC(N)=O)cc2)c(F)c1)OC=O. The number of carbonyl (C=O) groups excluding carboxylic acids is 3. The molecule has 0 unspecified atom stereocenters. The normalized spacial score (nSPS) is 11.3. The van der Waals surface area contributed by atoms with E-state index >= 15 is 0 Å². The monoisotopic (exact) mass is 431 g/mol. The number of likely N-dealkylation sites (N-methyl/N-ethyl adjacent to an activating group) is 1. The second-order valence-electron chi connectivity index (χ2n) is 6.88. The first-order valence-corrected chi connectivity index (χ1v) is 9.52. The molecule has 166 valence electrons. The zero-order valence-corrected chi connectivity index (χ0v) is 17.4. The van der Waals surface area contributed by atoms with E-state index in [2.05, 4.69) is 16.2 Å². The smallest absolute Gasteiger partial charge is 0.326 e. The Hall–Kier alpha value is -3.66. The van der Waals surface area contributed by atoms with Crippen LogP contribution < -0.4 is 26.8 Å². The van der Waals surface area contributed by atoms with Gasteiger partial charge in [-0.05, 0) is 29.3 Å². The van der Waals surface area contributed by atoms with Crippen molar-refractivity contribution >= 4 is 24.1 Å². The van der Waals surface area contributed by atoms with Gasteiger partial charge in [0.15, 0.2) is 0 Å². The fourth-order valence-electron chi connectivity index (χ4n) is 2.91. The number of halogens is 1. The number of hydrogen-bond donors (Lipinski definition) is 4. The third-order valence-corrected chi connectivity index (χ3v) is 4.47. The highest BCUT2D eigenvalue weighted by atomic mass is 19.1. The third-order valence-electron chi connectivity index (χ3n) is 4.47. The average Bonchev–Trinajstić information content (AvgIpc) is 2.72. The van der Waals surface area contributed by atoms with Crippen molar-refractivity contribution in [3.8, 4) is 11.1 Å². The fourth-order valence-corrected chi connectivity index (χ4v) is 2.91. The minimum atomic E-state index is -0.678. The molecule has 31 heavy (non-hydrogen) atoms. The zero-order chi connectivity index (χ0) is 22.8. The van der Waals surface area contributed by atoms with Crippen LogP contribution in [0.25, 0.3) is 11.1 Å². The van der Waals surface area contributed by atoms with Gasteiger partial charge < -0.3 is 20.7 Å². The largest absolute Gasteiger partial charge is 0.461 e. The van der Waals surface area contributed by atoms with E-state index in [0.717, 1.165) is 5.56 Å². The van der Waals surface area contributed by atoms with E-state index in [1.807, 2.05) is 12.1 Å². The maximum atomic E-state index is 14.8. The molecule has 0 saturated heterocycles. The van der Waals surface area contributed by atoms with Crippen molar-refractivity contribution in [3.63, 3.8) is 0 Å². The van der Waals surface area contributed by atoms with Crippen molar-refractivity contribution in [2.45, 2.75) is 19.6 Å². The molecule has 0 aliphatic heterocycles. The minimum absolute atomic E-state index is 0.162. The number of hydrogen-bond acceptors (Lipinski definition) is 6. The number of urea groups is 1. The number of nitrogens with zero attached hydrogens (tertiary/aromatic N) is 1. The van der Waals surface area contributed by atoms with Crippen molar-refractivity contribution in [2.24, 2.45) is 5.73 Å². The second kappa shape index (κ2) is 11.5. The minimum Gasteiger partial charge on any atom is -0.461 e. The van der Waals surface area contributed by atoms with Crippen LogP contribution in [0.15, 0.2) is 42.5 Å². The molecule has 10 heteroatoms. The molecule has 0 saturated carbocycles. The van der Waals surface area contributed by atoms with Crippen molar-refractivity contribution in [1.82, 2.24) is 16.2 Å². The molecular formula is C21H26FN5O4. The Morgan fingerprint density at radius 1 is 1.23 bits per heavy atom. The van der Waals surface area contributed by atoms with Crippen LogP contribution in [-0.4, -0.2) is 44.7 Å². The van der Waals surface area contributed by atoms with E-state index < -0.39 is 18.0 Å². The summed E-state index contributed by atoms with van der Waals surface area (Å²) < 4.78 is 19.8. The lowest BCUT2D eigenvalue weighted by Gasteiger charge is -2.25. The fraction of sp³-hybridized carbons (Fsp3) is 0.286. The zero-order valence-electron chi connectivity index (χ0n) is 17.4. The van der Waals surface area contributed by atoms with Crippen molar-refractivity contribution < 1.29 is 23.5 Å². The number of rotatable bonds is 11. The Morgan fingerprint density at radius 3 is 2.52 bits per heavy atom. The summed E-state index contributed by atoms with van der Waals surface area (Å²) in [6.07, 6.45) is -0.570. The number of anilines is 1. The van der Waals surface area contributed by atoms with E-state index in [0.29, 0.717) is 29.8 Å². The van der Waals surface area contributed by atoms with Gasteiger partial charge in [-0.25, -0.2) is 14.6 Å². The van der Waals surface area contributed by atoms with Crippen LogP contribution in [0.1, 0.15) is 12.5 Å². The standard InChI is InChI=1S/C21H26FN5O4/c1-14(29)24-11-18(31-13-28)12-27(2)17-7-8-19(20(22)9-17)16-5-3-15(4-6-16)10-25-26-21(23)30/h3-9,13,18,25H,10-12H2,1-2H3,(H,24,29)(H3,23,26,30)/t18-/m0/s1. The highest BCUT2D eigenvalue weighted by molar-refractivity contribution is 5.73. The average molecular weight is 431 g/mol. The van der Waals surface area contributed by atoms with Gasteiger partial charge in [0.2, 0.25) is 5.91 Å². The maximum absolute atomic E-state index is 14.8. The molecule has 0 radical (unpaired) electrons. The number of benzene rings is 2. The molecule has 0 fully saturated rings. The first-order chi connectivity index (χ1) is 14.8. The molecular weight excluding hydrogens is 405 g/mol. The lowest BCUT2D eigenvalue weighted by molar-refractivity contribution is -0.134. The molecule has 2 aromatic carbocycles.